The fourth-order valence-corrected chi connectivity index (χ4v) is 3.49. The van der Waals surface area contributed by atoms with Crippen LogP contribution in [0.2, 0.25) is 0 Å². The summed E-state index contributed by atoms with van der Waals surface area (Å²) in [4.78, 5) is 2.68. The van der Waals surface area contributed by atoms with Crippen molar-refractivity contribution in [2.75, 3.05) is 26.2 Å². The van der Waals surface area contributed by atoms with Gasteiger partial charge in [-0.25, -0.2) is 0 Å². The van der Waals surface area contributed by atoms with Gasteiger partial charge in [0.25, 0.3) is 0 Å². The summed E-state index contributed by atoms with van der Waals surface area (Å²) in [5.74, 6) is 0.865. The summed E-state index contributed by atoms with van der Waals surface area (Å²) in [6.07, 6.45) is 2.66. The molecule has 0 saturated carbocycles. The van der Waals surface area contributed by atoms with E-state index in [1.54, 1.807) is 0 Å². The molecule has 1 fully saturated rings. The molecule has 0 amide bonds. The molecule has 2 rings (SSSR count). The third-order valence-corrected chi connectivity index (χ3v) is 4.97. The lowest BCUT2D eigenvalue weighted by molar-refractivity contribution is 0.0819. The summed E-state index contributed by atoms with van der Waals surface area (Å²) in [7, 11) is 0. The zero-order valence-corrected chi connectivity index (χ0v) is 14.2. The Morgan fingerprint density at radius 1 is 1.14 bits per heavy atom. The highest BCUT2D eigenvalue weighted by Gasteiger charge is 2.31. The van der Waals surface area contributed by atoms with Gasteiger partial charge in [-0.15, -0.1) is 0 Å². The Labute approximate surface area is 130 Å². The zero-order chi connectivity index (χ0) is 15.3. The monoisotopic (exact) mass is 288 g/mol. The first kappa shape index (κ1) is 16.5. The molecule has 0 bridgehead atoms. The van der Waals surface area contributed by atoms with Gasteiger partial charge in [0.15, 0.2) is 0 Å². The molecule has 1 N–H and O–H groups in total. The summed E-state index contributed by atoms with van der Waals surface area (Å²) in [6.45, 7) is 13.9. The van der Waals surface area contributed by atoms with Gasteiger partial charge in [0.2, 0.25) is 0 Å². The molecular formula is C19H32N2. The van der Waals surface area contributed by atoms with Crippen LogP contribution in [0, 0.1) is 11.3 Å². The Bertz CT molecular complexity index is 399. The van der Waals surface area contributed by atoms with Crippen molar-refractivity contribution < 1.29 is 0 Å². The number of likely N-dealkylation sites (tertiary alicyclic amines) is 1. The Morgan fingerprint density at radius 3 is 2.29 bits per heavy atom. The highest BCUT2D eigenvalue weighted by molar-refractivity contribution is 5.19. The van der Waals surface area contributed by atoms with Crippen LogP contribution in [-0.4, -0.2) is 31.1 Å². The van der Waals surface area contributed by atoms with E-state index in [0.29, 0.717) is 11.5 Å². The average Bonchev–Trinajstić information content (AvgIpc) is 2.48. The van der Waals surface area contributed by atoms with E-state index in [-0.39, 0.29) is 0 Å². The van der Waals surface area contributed by atoms with E-state index in [2.05, 4.69) is 68.2 Å². The minimum absolute atomic E-state index is 0.454. The van der Waals surface area contributed by atoms with Gasteiger partial charge >= 0.3 is 0 Å². The van der Waals surface area contributed by atoms with E-state index >= 15 is 0 Å². The molecule has 1 aromatic carbocycles. The minimum Gasteiger partial charge on any atom is -0.315 e. The highest BCUT2D eigenvalue weighted by Crippen LogP contribution is 2.36. The van der Waals surface area contributed by atoms with Crippen LogP contribution in [0.3, 0.4) is 0 Å². The van der Waals surface area contributed by atoms with Gasteiger partial charge in [-0.05, 0) is 49.4 Å². The van der Waals surface area contributed by atoms with E-state index in [9.17, 15) is 0 Å². The van der Waals surface area contributed by atoms with Gasteiger partial charge in [-0.3, -0.25) is 4.90 Å². The van der Waals surface area contributed by atoms with Crippen molar-refractivity contribution in [3.63, 3.8) is 0 Å². The molecular weight excluding hydrogens is 256 g/mol. The molecule has 1 aliphatic heterocycles. The second-order valence-electron chi connectivity index (χ2n) is 7.41. The van der Waals surface area contributed by atoms with Crippen molar-refractivity contribution in [3.8, 4) is 0 Å². The lowest BCUT2D eigenvalue weighted by atomic mass is 9.75. The fourth-order valence-electron chi connectivity index (χ4n) is 3.49. The molecule has 2 nitrogen and oxygen atoms in total. The molecule has 1 aliphatic rings. The van der Waals surface area contributed by atoms with E-state index in [1.807, 2.05) is 0 Å². The summed E-state index contributed by atoms with van der Waals surface area (Å²) in [6, 6.07) is 11.5. The zero-order valence-electron chi connectivity index (χ0n) is 14.2. The standard InChI is InChI=1S/C19H32N2/c1-5-20-15-18(16-9-7-6-8-10-16)21-13-11-17(12-14-21)19(2,3)4/h6-10,17-18,20H,5,11-15H2,1-4H3. The van der Waals surface area contributed by atoms with Gasteiger partial charge in [-0.1, -0.05) is 58.0 Å². The SMILES string of the molecule is CCNCC(c1ccccc1)N1CCC(C(C)(C)C)CC1. The maximum Gasteiger partial charge on any atom is 0.0472 e. The van der Waals surface area contributed by atoms with Crippen molar-refractivity contribution in [2.24, 2.45) is 11.3 Å². The molecule has 1 heterocycles. The number of likely N-dealkylation sites (N-methyl/N-ethyl adjacent to an activating group) is 1. The van der Waals surface area contributed by atoms with E-state index in [0.717, 1.165) is 19.0 Å². The third kappa shape index (κ3) is 4.55. The number of nitrogens with one attached hydrogen (secondary N) is 1. The molecule has 1 unspecified atom stereocenters. The van der Waals surface area contributed by atoms with Crippen LogP contribution < -0.4 is 5.32 Å². The summed E-state index contributed by atoms with van der Waals surface area (Å²) < 4.78 is 0. The summed E-state index contributed by atoms with van der Waals surface area (Å²) in [5, 5.41) is 3.54. The maximum absolute atomic E-state index is 3.54. The van der Waals surface area contributed by atoms with Crippen LogP contribution >= 0.6 is 0 Å². The predicted octanol–water partition coefficient (Wildman–Crippen LogP) is 4.10. The Balaban J connectivity index is 2.02. The molecule has 21 heavy (non-hydrogen) atoms. The van der Waals surface area contributed by atoms with Gasteiger partial charge in [0.1, 0.15) is 0 Å². The Hall–Kier alpha value is -0.860. The fraction of sp³-hybridized carbons (Fsp3) is 0.684. The van der Waals surface area contributed by atoms with Crippen LogP contribution in [0.15, 0.2) is 30.3 Å². The molecule has 0 radical (unpaired) electrons. The van der Waals surface area contributed by atoms with Crippen molar-refractivity contribution >= 4 is 0 Å². The normalized spacial score (nSPS) is 19.6. The highest BCUT2D eigenvalue weighted by atomic mass is 15.2. The van der Waals surface area contributed by atoms with E-state index in [1.165, 1.54) is 31.5 Å². The van der Waals surface area contributed by atoms with Crippen LogP contribution in [0.5, 0.6) is 0 Å². The molecule has 0 spiro atoms. The van der Waals surface area contributed by atoms with E-state index in [4.69, 9.17) is 0 Å². The van der Waals surface area contributed by atoms with Crippen molar-refractivity contribution in [1.82, 2.24) is 10.2 Å². The second-order valence-corrected chi connectivity index (χ2v) is 7.41. The van der Waals surface area contributed by atoms with Crippen LogP contribution in [0.25, 0.3) is 0 Å². The number of benzene rings is 1. The topological polar surface area (TPSA) is 15.3 Å². The van der Waals surface area contributed by atoms with Crippen LogP contribution in [0.4, 0.5) is 0 Å². The third-order valence-electron chi connectivity index (χ3n) is 4.97. The number of piperidine rings is 1. The molecule has 1 atom stereocenters. The first-order chi connectivity index (χ1) is 10.0. The van der Waals surface area contributed by atoms with Crippen LogP contribution in [0.1, 0.15) is 52.1 Å². The number of nitrogens with zero attached hydrogens (tertiary/aromatic N) is 1. The summed E-state index contributed by atoms with van der Waals surface area (Å²) >= 11 is 0. The van der Waals surface area contributed by atoms with Gasteiger partial charge in [0, 0.05) is 12.6 Å². The lowest BCUT2D eigenvalue weighted by Gasteiger charge is -2.42. The van der Waals surface area contributed by atoms with Crippen molar-refractivity contribution in [3.05, 3.63) is 35.9 Å². The van der Waals surface area contributed by atoms with Gasteiger partial charge in [-0.2, -0.15) is 0 Å². The van der Waals surface area contributed by atoms with Gasteiger partial charge < -0.3 is 5.32 Å². The molecule has 1 aromatic rings. The molecule has 0 aliphatic carbocycles. The van der Waals surface area contributed by atoms with E-state index < -0.39 is 0 Å². The Kier molecular flexibility index (Phi) is 5.83. The molecule has 118 valence electrons. The predicted molar refractivity (Wildman–Crippen MR) is 91.5 cm³/mol. The first-order valence-electron chi connectivity index (χ1n) is 8.52. The molecule has 2 heteroatoms. The molecule has 1 saturated heterocycles. The van der Waals surface area contributed by atoms with Crippen molar-refractivity contribution in [2.45, 2.75) is 46.6 Å². The number of hydrogen-bond donors (Lipinski definition) is 1. The van der Waals surface area contributed by atoms with Crippen molar-refractivity contribution in [1.29, 1.82) is 0 Å². The number of rotatable bonds is 5. The smallest absolute Gasteiger partial charge is 0.0472 e. The molecule has 0 aromatic heterocycles. The largest absolute Gasteiger partial charge is 0.315 e. The first-order valence-corrected chi connectivity index (χ1v) is 8.52. The summed E-state index contributed by atoms with van der Waals surface area (Å²) in [5.41, 5.74) is 1.91. The maximum atomic E-state index is 3.54. The lowest BCUT2D eigenvalue weighted by Crippen LogP contribution is -2.43. The van der Waals surface area contributed by atoms with Gasteiger partial charge in [0.05, 0.1) is 0 Å². The minimum atomic E-state index is 0.454. The quantitative estimate of drug-likeness (QED) is 0.877. The second kappa shape index (κ2) is 7.42. The Morgan fingerprint density at radius 2 is 1.76 bits per heavy atom. The number of hydrogen-bond acceptors (Lipinski definition) is 2. The average molecular weight is 288 g/mol. The van der Waals surface area contributed by atoms with Crippen LogP contribution in [-0.2, 0) is 0 Å².